The van der Waals surface area contributed by atoms with Gasteiger partial charge in [-0.15, -0.1) is 0 Å². The third kappa shape index (κ3) is 7.25. The summed E-state index contributed by atoms with van der Waals surface area (Å²) in [6.07, 6.45) is -1.19. The lowest BCUT2D eigenvalue weighted by Gasteiger charge is -2.25. The summed E-state index contributed by atoms with van der Waals surface area (Å²) in [7, 11) is 0. The highest BCUT2D eigenvalue weighted by atomic mass is 16.4. The van der Waals surface area contributed by atoms with Crippen LogP contribution in [-0.2, 0) is 0 Å². The van der Waals surface area contributed by atoms with Crippen LogP contribution in [0.5, 0.6) is 0 Å². The van der Waals surface area contributed by atoms with Crippen LogP contribution >= 0.6 is 0 Å². The fourth-order valence-corrected chi connectivity index (χ4v) is 1.61. The summed E-state index contributed by atoms with van der Waals surface area (Å²) in [5.41, 5.74) is 0. The van der Waals surface area contributed by atoms with Crippen molar-refractivity contribution in [3.05, 3.63) is 0 Å². The van der Waals surface area contributed by atoms with Crippen LogP contribution in [0.15, 0.2) is 0 Å². The van der Waals surface area contributed by atoms with Crippen LogP contribution < -0.4 is 5.32 Å². The smallest absolute Gasteiger partial charge is 0.111 e. The third-order valence-corrected chi connectivity index (χ3v) is 2.89. The number of hydrogen-bond acceptors (Lipinski definition) is 6. The van der Waals surface area contributed by atoms with E-state index in [2.05, 4.69) is 12.2 Å². The maximum absolute atomic E-state index is 9.57. The molecule has 0 aliphatic heterocycles. The lowest BCUT2D eigenvalue weighted by Crippen LogP contribution is -2.49. The van der Waals surface area contributed by atoms with Gasteiger partial charge < -0.3 is 30.8 Å². The summed E-state index contributed by atoms with van der Waals surface area (Å²) >= 11 is 0. The van der Waals surface area contributed by atoms with E-state index < -0.39 is 31.0 Å². The van der Waals surface area contributed by atoms with Crippen molar-refractivity contribution in [1.29, 1.82) is 0 Å². The second-order valence-corrected chi connectivity index (χ2v) is 4.56. The van der Waals surface area contributed by atoms with Crippen LogP contribution in [0.2, 0.25) is 0 Å². The molecule has 0 aliphatic rings. The summed E-state index contributed by atoms with van der Waals surface area (Å²) in [6, 6.07) is 0. The highest BCUT2D eigenvalue weighted by Gasteiger charge is 2.29. The SMILES string of the molecule is CCCCCCNC[C@H](O)[C@@H](O)[C@H](O)[C@H](O)CO. The monoisotopic (exact) mass is 265 g/mol. The molecule has 110 valence electrons. The van der Waals surface area contributed by atoms with E-state index in [0.29, 0.717) is 0 Å². The van der Waals surface area contributed by atoms with Gasteiger partial charge in [0, 0.05) is 6.54 Å². The largest absolute Gasteiger partial charge is 0.394 e. The summed E-state index contributed by atoms with van der Waals surface area (Å²) in [6.45, 7) is 2.35. The first-order chi connectivity index (χ1) is 8.54. The van der Waals surface area contributed by atoms with E-state index in [4.69, 9.17) is 10.2 Å². The number of rotatable bonds is 11. The summed E-state index contributed by atoms with van der Waals surface area (Å²) in [5, 5.41) is 49.2. The molecule has 0 amide bonds. The minimum atomic E-state index is -1.55. The summed E-state index contributed by atoms with van der Waals surface area (Å²) in [4.78, 5) is 0. The van der Waals surface area contributed by atoms with Crippen LogP contribution in [-0.4, -0.2) is 69.6 Å². The van der Waals surface area contributed by atoms with Gasteiger partial charge in [0.1, 0.15) is 18.3 Å². The van der Waals surface area contributed by atoms with Crippen molar-refractivity contribution in [1.82, 2.24) is 5.32 Å². The van der Waals surface area contributed by atoms with E-state index in [1.807, 2.05) is 0 Å². The van der Waals surface area contributed by atoms with Crippen molar-refractivity contribution in [2.75, 3.05) is 19.7 Å². The molecule has 18 heavy (non-hydrogen) atoms. The van der Waals surface area contributed by atoms with Crippen molar-refractivity contribution in [2.24, 2.45) is 0 Å². The molecule has 0 rings (SSSR count). The maximum Gasteiger partial charge on any atom is 0.111 e. The van der Waals surface area contributed by atoms with Gasteiger partial charge in [0.05, 0.1) is 12.7 Å². The molecule has 6 heteroatoms. The average Bonchev–Trinajstić information content (AvgIpc) is 2.39. The molecule has 0 fully saturated rings. The molecule has 0 aromatic carbocycles. The lowest BCUT2D eigenvalue weighted by molar-refractivity contribution is -0.113. The van der Waals surface area contributed by atoms with Crippen molar-refractivity contribution >= 4 is 0 Å². The van der Waals surface area contributed by atoms with Gasteiger partial charge in [-0.05, 0) is 13.0 Å². The predicted octanol–water partition coefficient (Wildman–Crippen LogP) is -1.41. The maximum atomic E-state index is 9.57. The molecule has 0 saturated heterocycles. The zero-order valence-electron chi connectivity index (χ0n) is 11.0. The van der Waals surface area contributed by atoms with Gasteiger partial charge in [-0.2, -0.15) is 0 Å². The topological polar surface area (TPSA) is 113 Å². The van der Waals surface area contributed by atoms with Gasteiger partial charge in [0.25, 0.3) is 0 Å². The molecule has 0 unspecified atom stereocenters. The number of nitrogens with one attached hydrogen (secondary N) is 1. The molecule has 0 aromatic heterocycles. The standard InChI is InChI=1S/C12H27NO5/c1-2-3-4-5-6-13-7-9(15)11(17)12(18)10(16)8-14/h9-18H,2-8H2,1H3/t9-,10+,11+,12+/m0/s1. The molecule has 0 radical (unpaired) electrons. The molecular formula is C12H27NO5. The van der Waals surface area contributed by atoms with E-state index in [0.717, 1.165) is 25.8 Å². The summed E-state index contributed by atoms with van der Waals surface area (Å²) in [5.74, 6) is 0. The quantitative estimate of drug-likeness (QED) is 0.256. The Labute approximate surface area is 108 Å². The molecular weight excluding hydrogens is 238 g/mol. The molecule has 0 aromatic rings. The zero-order chi connectivity index (χ0) is 14.0. The van der Waals surface area contributed by atoms with Crippen molar-refractivity contribution < 1.29 is 25.5 Å². The molecule has 6 nitrogen and oxygen atoms in total. The van der Waals surface area contributed by atoms with Crippen molar-refractivity contribution in [2.45, 2.75) is 57.0 Å². The second kappa shape index (κ2) is 10.7. The highest BCUT2D eigenvalue weighted by Crippen LogP contribution is 2.04. The van der Waals surface area contributed by atoms with Crippen molar-refractivity contribution in [3.63, 3.8) is 0 Å². The fraction of sp³-hybridized carbons (Fsp3) is 1.00. The minimum Gasteiger partial charge on any atom is -0.394 e. The highest BCUT2D eigenvalue weighted by molar-refractivity contribution is 4.81. The van der Waals surface area contributed by atoms with Crippen molar-refractivity contribution in [3.8, 4) is 0 Å². The second-order valence-electron chi connectivity index (χ2n) is 4.56. The van der Waals surface area contributed by atoms with Gasteiger partial charge >= 0.3 is 0 Å². The fourth-order valence-electron chi connectivity index (χ4n) is 1.61. The van der Waals surface area contributed by atoms with Crippen LogP contribution in [0.25, 0.3) is 0 Å². The van der Waals surface area contributed by atoms with Crippen LogP contribution in [0.3, 0.4) is 0 Å². The number of unbranched alkanes of at least 4 members (excludes halogenated alkanes) is 3. The lowest BCUT2D eigenvalue weighted by atomic mass is 10.0. The van der Waals surface area contributed by atoms with Gasteiger partial charge in [0.15, 0.2) is 0 Å². The Balaban J connectivity index is 3.70. The first-order valence-electron chi connectivity index (χ1n) is 6.58. The van der Waals surface area contributed by atoms with Gasteiger partial charge in [-0.3, -0.25) is 0 Å². The number of hydrogen-bond donors (Lipinski definition) is 6. The molecule has 0 saturated carbocycles. The Morgan fingerprint density at radius 2 is 1.50 bits per heavy atom. The van der Waals surface area contributed by atoms with Gasteiger partial charge in [0.2, 0.25) is 0 Å². The molecule has 6 N–H and O–H groups in total. The first kappa shape index (κ1) is 17.8. The van der Waals surface area contributed by atoms with Gasteiger partial charge in [-0.25, -0.2) is 0 Å². The molecule has 4 atom stereocenters. The van der Waals surface area contributed by atoms with Crippen LogP contribution in [0.4, 0.5) is 0 Å². The Hall–Kier alpha value is -0.240. The first-order valence-corrected chi connectivity index (χ1v) is 6.58. The predicted molar refractivity (Wildman–Crippen MR) is 68.1 cm³/mol. The van der Waals surface area contributed by atoms with Crippen LogP contribution in [0.1, 0.15) is 32.6 Å². The van der Waals surface area contributed by atoms with E-state index >= 15 is 0 Å². The Morgan fingerprint density at radius 1 is 0.889 bits per heavy atom. The Morgan fingerprint density at radius 3 is 2.06 bits per heavy atom. The number of aliphatic hydroxyl groups is 5. The van der Waals surface area contributed by atoms with Gasteiger partial charge in [-0.1, -0.05) is 26.2 Å². The average molecular weight is 265 g/mol. The number of aliphatic hydroxyl groups excluding tert-OH is 5. The molecule has 0 aliphatic carbocycles. The summed E-state index contributed by atoms with van der Waals surface area (Å²) < 4.78 is 0. The van der Waals surface area contributed by atoms with E-state index in [1.54, 1.807) is 0 Å². The Bertz CT molecular complexity index is 193. The minimum absolute atomic E-state index is 0.141. The zero-order valence-corrected chi connectivity index (χ0v) is 11.0. The molecule has 0 spiro atoms. The van der Waals surface area contributed by atoms with E-state index in [-0.39, 0.29) is 6.54 Å². The molecule has 0 bridgehead atoms. The molecule has 0 heterocycles. The Kier molecular flexibility index (Phi) is 10.5. The van der Waals surface area contributed by atoms with E-state index in [9.17, 15) is 15.3 Å². The van der Waals surface area contributed by atoms with E-state index in [1.165, 1.54) is 6.42 Å². The normalized spacial score (nSPS) is 18.3. The van der Waals surface area contributed by atoms with Crippen LogP contribution in [0, 0.1) is 0 Å². The third-order valence-electron chi connectivity index (χ3n) is 2.89.